The van der Waals surface area contributed by atoms with Gasteiger partial charge in [0.25, 0.3) is 5.91 Å². The van der Waals surface area contributed by atoms with Crippen molar-refractivity contribution < 1.29 is 4.79 Å². The second-order valence-corrected chi connectivity index (χ2v) is 5.93. The summed E-state index contributed by atoms with van der Waals surface area (Å²) in [6.07, 6.45) is 0.241. The average Bonchev–Trinajstić information content (AvgIpc) is 2.61. The Labute approximate surface area is 138 Å². The van der Waals surface area contributed by atoms with Crippen molar-refractivity contribution >= 4 is 28.5 Å². The maximum absolute atomic E-state index is 11.8. The molecule has 1 aliphatic rings. The molecule has 5 heteroatoms. The van der Waals surface area contributed by atoms with E-state index in [2.05, 4.69) is 16.1 Å². The number of benzene rings is 2. The summed E-state index contributed by atoms with van der Waals surface area (Å²) in [5, 5.41) is 9.29. The van der Waals surface area contributed by atoms with E-state index < -0.39 is 0 Å². The monoisotopic (exact) mass is 319 g/mol. The van der Waals surface area contributed by atoms with Crippen LogP contribution in [0.1, 0.15) is 23.1 Å². The molecule has 0 bridgehead atoms. The molecule has 23 heavy (non-hydrogen) atoms. The largest absolute Gasteiger partial charge is 0.272 e. The zero-order valence-corrected chi connectivity index (χ0v) is 13.1. The maximum atomic E-state index is 11.8. The Morgan fingerprint density at radius 3 is 2.48 bits per heavy atom. The van der Waals surface area contributed by atoms with Crippen LogP contribution in [0, 0.1) is 11.3 Å². The quantitative estimate of drug-likeness (QED) is 0.868. The second-order valence-electron chi connectivity index (χ2n) is 4.99. The number of carbonyl (C=O) groups is 1. The Balaban J connectivity index is 1.72. The van der Waals surface area contributed by atoms with Gasteiger partial charge in [-0.05, 0) is 23.3 Å². The van der Waals surface area contributed by atoms with Gasteiger partial charge in [-0.15, -0.1) is 0 Å². The van der Waals surface area contributed by atoms with E-state index in [1.165, 1.54) is 11.8 Å². The molecule has 0 saturated heterocycles. The molecule has 0 unspecified atom stereocenters. The van der Waals surface area contributed by atoms with Crippen LogP contribution < -0.4 is 0 Å². The molecule has 0 aliphatic carbocycles. The van der Waals surface area contributed by atoms with Gasteiger partial charge in [0.1, 0.15) is 0 Å². The lowest BCUT2D eigenvalue weighted by Crippen LogP contribution is -2.15. The van der Waals surface area contributed by atoms with Crippen LogP contribution in [0.4, 0.5) is 0 Å². The number of amidine groups is 1. The van der Waals surface area contributed by atoms with Gasteiger partial charge in [-0.25, -0.2) is 4.99 Å². The molecule has 0 N–H and O–H groups in total. The first-order valence-corrected chi connectivity index (χ1v) is 8.09. The van der Waals surface area contributed by atoms with Crippen LogP contribution in [-0.2, 0) is 10.5 Å². The van der Waals surface area contributed by atoms with E-state index >= 15 is 0 Å². The number of rotatable bonds is 3. The molecule has 0 aromatic heterocycles. The molecular weight excluding hydrogens is 306 g/mol. The highest BCUT2D eigenvalue weighted by molar-refractivity contribution is 8.13. The standard InChI is InChI=1S/C18H13N3OS/c19-11-13-6-8-14(9-7-13)12-23-18-20-16(10-17(22)21-18)15-4-2-1-3-5-15/h1-9H,10,12H2. The summed E-state index contributed by atoms with van der Waals surface area (Å²) in [7, 11) is 0. The number of nitriles is 1. The molecular formula is C18H13N3OS. The van der Waals surface area contributed by atoms with Crippen molar-refractivity contribution in [3.63, 3.8) is 0 Å². The normalized spacial score (nSPS) is 14.0. The Hall–Kier alpha value is -2.71. The van der Waals surface area contributed by atoms with E-state index in [4.69, 9.17) is 5.26 Å². The van der Waals surface area contributed by atoms with Gasteiger partial charge in [-0.1, -0.05) is 54.2 Å². The predicted molar refractivity (Wildman–Crippen MR) is 92.5 cm³/mol. The molecule has 0 spiro atoms. The highest BCUT2D eigenvalue weighted by Crippen LogP contribution is 2.20. The molecule has 3 rings (SSSR count). The third-order valence-electron chi connectivity index (χ3n) is 3.33. The van der Waals surface area contributed by atoms with Gasteiger partial charge in [-0.3, -0.25) is 4.79 Å². The molecule has 4 nitrogen and oxygen atoms in total. The fourth-order valence-electron chi connectivity index (χ4n) is 2.15. The molecule has 2 aromatic rings. The molecule has 1 amide bonds. The van der Waals surface area contributed by atoms with Gasteiger partial charge in [0.05, 0.1) is 23.8 Å². The second kappa shape index (κ2) is 7.03. The minimum absolute atomic E-state index is 0.166. The molecule has 0 saturated carbocycles. The number of hydrogen-bond donors (Lipinski definition) is 0. The van der Waals surface area contributed by atoms with Crippen LogP contribution in [0.3, 0.4) is 0 Å². The van der Waals surface area contributed by atoms with Gasteiger partial charge in [0.2, 0.25) is 0 Å². The predicted octanol–water partition coefficient (Wildman–Crippen LogP) is 3.57. The van der Waals surface area contributed by atoms with Crippen molar-refractivity contribution in [1.29, 1.82) is 5.26 Å². The summed E-state index contributed by atoms with van der Waals surface area (Å²) in [4.78, 5) is 20.3. The van der Waals surface area contributed by atoms with Crippen molar-refractivity contribution in [3.05, 3.63) is 71.3 Å². The van der Waals surface area contributed by atoms with E-state index in [-0.39, 0.29) is 12.3 Å². The summed E-state index contributed by atoms with van der Waals surface area (Å²) < 4.78 is 0. The molecule has 0 radical (unpaired) electrons. The zero-order valence-electron chi connectivity index (χ0n) is 12.3. The molecule has 2 aromatic carbocycles. The topological polar surface area (TPSA) is 65.6 Å². The third kappa shape index (κ3) is 3.93. The summed E-state index contributed by atoms with van der Waals surface area (Å²) in [5.74, 6) is 0.491. The number of carbonyl (C=O) groups excluding carboxylic acids is 1. The number of aliphatic imine (C=N–C) groups is 2. The summed E-state index contributed by atoms with van der Waals surface area (Å²) in [5.41, 5.74) is 3.40. The Kier molecular flexibility index (Phi) is 4.65. The van der Waals surface area contributed by atoms with Crippen LogP contribution in [0.15, 0.2) is 64.6 Å². The summed E-state index contributed by atoms with van der Waals surface area (Å²) in [6, 6.07) is 19.1. The van der Waals surface area contributed by atoms with E-state index in [1.54, 1.807) is 12.1 Å². The van der Waals surface area contributed by atoms with Gasteiger partial charge in [0.15, 0.2) is 5.17 Å². The van der Waals surface area contributed by atoms with Crippen molar-refractivity contribution in [2.24, 2.45) is 9.98 Å². The number of thioether (sulfide) groups is 1. The lowest BCUT2D eigenvalue weighted by Gasteiger charge is -2.11. The Bertz CT molecular complexity index is 818. The van der Waals surface area contributed by atoms with Gasteiger partial charge in [0, 0.05) is 5.75 Å². The van der Waals surface area contributed by atoms with Crippen molar-refractivity contribution in [2.45, 2.75) is 12.2 Å². The first-order valence-electron chi connectivity index (χ1n) is 7.11. The smallest absolute Gasteiger partial charge is 0.254 e. The lowest BCUT2D eigenvalue weighted by atomic mass is 10.1. The van der Waals surface area contributed by atoms with Gasteiger partial charge >= 0.3 is 0 Å². The van der Waals surface area contributed by atoms with Crippen molar-refractivity contribution in [2.75, 3.05) is 0 Å². The highest BCUT2D eigenvalue weighted by Gasteiger charge is 2.17. The SMILES string of the molecule is N#Cc1ccc(CSC2=NC(=O)CC(c3ccccc3)=N2)cc1. The molecule has 1 heterocycles. The third-order valence-corrected chi connectivity index (χ3v) is 4.25. The number of nitrogens with zero attached hydrogens (tertiary/aromatic N) is 3. The average molecular weight is 319 g/mol. The molecule has 0 atom stereocenters. The van der Waals surface area contributed by atoms with Gasteiger partial charge < -0.3 is 0 Å². The number of hydrogen-bond acceptors (Lipinski definition) is 4. The fraction of sp³-hybridized carbons (Fsp3) is 0.111. The van der Waals surface area contributed by atoms with Crippen LogP contribution in [0.5, 0.6) is 0 Å². The van der Waals surface area contributed by atoms with Crippen LogP contribution >= 0.6 is 11.8 Å². The first-order chi connectivity index (χ1) is 11.2. The zero-order chi connectivity index (χ0) is 16.1. The molecule has 0 fully saturated rings. The van der Waals surface area contributed by atoms with E-state index in [0.717, 1.165) is 16.8 Å². The van der Waals surface area contributed by atoms with Crippen LogP contribution in [0.2, 0.25) is 0 Å². The Morgan fingerprint density at radius 1 is 1.04 bits per heavy atom. The minimum Gasteiger partial charge on any atom is -0.272 e. The molecule has 1 aliphatic heterocycles. The highest BCUT2D eigenvalue weighted by atomic mass is 32.2. The summed E-state index contributed by atoms with van der Waals surface area (Å²) in [6.45, 7) is 0. The molecule has 112 valence electrons. The van der Waals surface area contributed by atoms with Crippen LogP contribution in [-0.4, -0.2) is 16.8 Å². The van der Waals surface area contributed by atoms with Crippen molar-refractivity contribution in [1.82, 2.24) is 0 Å². The van der Waals surface area contributed by atoms with Gasteiger partial charge in [-0.2, -0.15) is 10.3 Å². The van der Waals surface area contributed by atoms with E-state index in [0.29, 0.717) is 16.5 Å². The number of amides is 1. The first kappa shape index (κ1) is 15.2. The van der Waals surface area contributed by atoms with Crippen LogP contribution in [0.25, 0.3) is 0 Å². The van der Waals surface area contributed by atoms with E-state index in [1.807, 2.05) is 42.5 Å². The van der Waals surface area contributed by atoms with E-state index in [9.17, 15) is 4.79 Å². The minimum atomic E-state index is -0.166. The summed E-state index contributed by atoms with van der Waals surface area (Å²) >= 11 is 1.42. The lowest BCUT2D eigenvalue weighted by molar-refractivity contribution is -0.116. The Morgan fingerprint density at radius 2 is 1.78 bits per heavy atom. The van der Waals surface area contributed by atoms with Crippen molar-refractivity contribution in [3.8, 4) is 6.07 Å². The maximum Gasteiger partial charge on any atom is 0.254 e. The fourth-order valence-corrected chi connectivity index (χ4v) is 2.98.